The van der Waals surface area contributed by atoms with E-state index in [0.29, 0.717) is 34.2 Å². The number of hydrazone groups is 1. The third-order valence-corrected chi connectivity index (χ3v) is 7.42. The molecule has 1 amide bonds. The third-order valence-electron chi connectivity index (χ3n) is 6.10. The molecule has 0 aliphatic carbocycles. The summed E-state index contributed by atoms with van der Waals surface area (Å²) in [6, 6.07) is 24.6. The molecule has 0 radical (unpaired) electrons. The lowest BCUT2D eigenvalue weighted by molar-refractivity contribution is 0.0728. The summed E-state index contributed by atoms with van der Waals surface area (Å²) in [5, 5.41) is 5.79. The Morgan fingerprint density at radius 2 is 1.71 bits per heavy atom. The zero-order valence-corrected chi connectivity index (χ0v) is 24.7. The van der Waals surface area contributed by atoms with E-state index in [1.165, 1.54) is 6.21 Å². The fraction of sp³-hybridized carbons (Fsp3) is 0.0645. The van der Waals surface area contributed by atoms with Crippen LogP contribution in [0.25, 0.3) is 22.0 Å². The number of rotatable bonds is 8. The van der Waals surface area contributed by atoms with Crippen molar-refractivity contribution in [2.75, 3.05) is 6.61 Å². The first-order valence-corrected chi connectivity index (χ1v) is 14.0. The Balaban J connectivity index is 1.39. The fourth-order valence-corrected chi connectivity index (χ4v) is 5.16. The Kier molecular flexibility index (Phi) is 8.73. The van der Waals surface area contributed by atoms with Gasteiger partial charge in [0.05, 0.1) is 28.9 Å². The van der Waals surface area contributed by atoms with Crippen LogP contribution in [0.3, 0.4) is 0 Å². The number of esters is 1. The predicted octanol–water partition coefficient (Wildman–Crippen LogP) is 8.29. The first kappa shape index (κ1) is 28.4. The van der Waals surface area contributed by atoms with Crippen molar-refractivity contribution in [2.45, 2.75) is 6.92 Å². The van der Waals surface area contributed by atoms with Crippen LogP contribution in [0.2, 0.25) is 10.0 Å². The number of aromatic nitrogens is 1. The summed E-state index contributed by atoms with van der Waals surface area (Å²) in [7, 11) is 0. The van der Waals surface area contributed by atoms with E-state index in [1.807, 2.05) is 43.3 Å². The van der Waals surface area contributed by atoms with Gasteiger partial charge >= 0.3 is 5.97 Å². The monoisotopic (exact) mass is 649 g/mol. The quantitative estimate of drug-likeness (QED) is 0.0765. The molecule has 41 heavy (non-hydrogen) atoms. The van der Waals surface area contributed by atoms with Gasteiger partial charge in [-0.3, -0.25) is 4.79 Å². The van der Waals surface area contributed by atoms with Crippen molar-refractivity contribution in [1.29, 1.82) is 0 Å². The van der Waals surface area contributed by atoms with Crippen molar-refractivity contribution in [1.82, 2.24) is 10.4 Å². The van der Waals surface area contributed by atoms with Crippen molar-refractivity contribution in [3.05, 3.63) is 116 Å². The average Bonchev–Trinajstić information content (AvgIpc) is 3.36. The number of nitrogens with zero attached hydrogens (tertiary/aromatic N) is 1. The molecule has 5 rings (SSSR count). The van der Waals surface area contributed by atoms with Gasteiger partial charge in [-0.05, 0) is 70.9 Å². The van der Waals surface area contributed by atoms with Gasteiger partial charge in [0.2, 0.25) is 0 Å². The molecule has 1 aromatic heterocycles. The maximum atomic E-state index is 13.3. The molecular formula is C31H22BrCl2N3O4. The fourth-order valence-electron chi connectivity index (χ4n) is 4.26. The number of benzene rings is 4. The summed E-state index contributed by atoms with van der Waals surface area (Å²) in [5.74, 6) is -0.491. The average molecular weight is 651 g/mol. The molecule has 4 aromatic carbocycles. The molecule has 0 saturated heterocycles. The van der Waals surface area contributed by atoms with Crippen LogP contribution in [-0.2, 0) is 0 Å². The highest BCUT2D eigenvalue weighted by molar-refractivity contribution is 9.10. The summed E-state index contributed by atoms with van der Waals surface area (Å²) in [5.41, 5.74) is 5.90. The second kappa shape index (κ2) is 12.6. The van der Waals surface area contributed by atoms with E-state index < -0.39 is 11.9 Å². The van der Waals surface area contributed by atoms with Gasteiger partial charge < -0.3 is 14.5 Å². The summed E-state index contributed by atoms with van der Waals surface area (Å²) < 4.78 is 12.0. The molecule has 0 bridgehead atoms. The number of nitrogens with one attached hydrogen (secondary N) is 2. The van der Waals surface area contributed by atoms with E-state index in [1.54, 1.807) is 48.5 Å². The summed E-state index contributed by atoms with van der Waals surface area (Å²) in [6.45, 7) is 2.16. The highest BCUT2D eigenvalue weighted by atomic mass is 79.9. The van der Waals surface area contributed by atoms with E-state index in [9.17, 15) is 9.59 Å². The second-order valence-corrected chi connectivity index (χ2v) is 10.4. The summed E-state index contributed by atoms with van der Waals surface area (Å²) >= 11 is 16.2. The number of amides is 1. The number of ether oxygens (including phenoxy) is 2. The Morgan fingerprint density at radius 3 is 2.46 bits per heavy atom. The molecule has 0 spiro atoms. The van der Waals surface area contributed by atoms with Gasteiger partial charge in [-0.2, -0.15) is 5.10 Å². The molecule has 5 aromatic rings. The van der Waals surface area contributed by atoms with Gasteiger partial charge in [0.15, 0.2) is 11.5 Å². The molecular weight excluding hydrogens is 629 g/mol. The van der Waals surface area contributed by atoms with Crippen LogP contribution in [-0.4, -0.2) is 29.7 Å². The topological polar surface area (TPSA) is 92.8 Å². The summed E-state index contributed by atoms with van der Waals surface area (Å²) in [6.07, 6.45) is 1.47. The van der Waals surface area contributed by atoms with E-state index in [0.717, 1.165) is 20.9 Å². The maximum Gasteiger partial charge on any atom is 0.345 e. The molecule has 7 nitrogen and oxygen atoms in total. The van der Waals surface area contributed by atoms with Crippen LogP contribution in [0.4, 0.5) is 0 Å². The van der Waals surface area contributed by atoms with Gasteiger partial charge in [0, 0.05) is 26.0 Å². The maximum absolute atomic E-state index is 13.3. The minimum atomic E-state index is -0.607. The number of carbonyl (C=O) groups excluding carboxylic acids is 2. The van der Waals surface area contributed by atoms with Gasteiger partial charge in [-0.1, -0.05) is 65.7 Å². The molecule has 0 aliphatic heterocycles. The number of para-hydroxylation sites is 1. The van der Waals surface area contributed by atoms with Crippen LogP contribution in [0.15, 0.2) is 94.5 Å². The molecule has 206 valence electrons. The molecule has 10 heteroatoms. The second-order valence-electron chi connectivity index (χ2n) is 8.72. The van der Waals surface area contributed by atoms with Crippen molar-refractivity contribution < 1.29 is 19.1 Å². The number of aromatic amines is 1. The SMILES string of the molecule is CCOc1cc(C=NNC(=O)c2[nH]c3c(Br)cccc3c2-c2ccccc2Cl)ccc1OC(=O)c1ccccc1Cl. The normalized spacial score (nSPS) is 11.1. The van der Waals surface area contributed by atoms with Crippen molar-refractivity contribution >= 4 is 68.1 Å². The molecule has 2 N–H and O–H groups in total. The predicted molar refractivity (Wildman–Crippen MR) is 166 cm³/mol. The van der Waals surface area contributed by atoms with Crippen molar-refractivity contribution in [3.8, 4) is 22.6 Å². The van der Waals surface area contributed by atoms with Crippen LogP contribution in [0.1, 0.15) is 33.3 Å². The first-order chi connectivity index (χ1) is 19.9. The van der Waals surface area contributed by atoms with Gasteiger partial charge in [0.25, 0.3) is 5.91 Å². The van der Waals surface area contributed by atoms with E-state index in [-0.39, 0.29) is 16.3 Å². The number of hydrogen-bond acceptors (Lipinski definition) is 5. The van der Waals surface area contributed by atoms with Gasteiger partial charge in [-0.15, -0.1) is 0 Å². The van der Waals surface area contributed by atoms with Gasteiger partial charge in [0.1, 0.15) is 5.69 Å². The standard InChI is InChI=1S/C31H22BrCl2N3O4/c1-2-40-26-16-18(14-15-25(26)41-31(39)20-9-4-6-13-24(20)34)17-35-37-30(38)29-27(19-8-3-5-12-23(19)33)21-10-7-11-22(32)28(21)36-29/h3-17,36H,2H2,1H3,(H,37,38). The highest BCUT2D eigenvalue weighted by Crippen LogP contribution is 2.38. The third kappa shape index (κ3) is 6.15. The Hall–Kier alpha value is -4.11. The van der Waals surface area contributed by atoms with Crippen molar-refractivity contribution in [3.63, 3.8) is 0 Å². The molecule has 0 unspecified atom stereocenters. The number of halogens is 3. The Morgan fingerprint density at radius 1 is 0.951 bits per heavy atom. The lowest BCUT2D eigenvalue weighted by Crippen LogP contribution is -2.19. The van der Waals surface area contributed by atoms with Crippen LogP contribution in [0, 0.1) is 0 Å². The van der Waals surface area contributed by atoms with Crippen LogP contribution < -0.4 is 14.9 Å². The van der Waals surface area contributed by atoms with Crippen molar-refractivity contribution in [2.24, 2.45) is 5.10 Å². The first-order valence-electron chi connectivity index (χ1n) is 12.5. The molecule has 0 fully saturated rings. The number of H-pyrrole nitrogens is 1. The molecule has 1 heterocycles. The zero-order chi connectivity index (χ0) is 28.9. The van der Waals surface area contributed by atoms with Crippen LogP contribution >= 0.6 is 39.1 Å². The zero-order valence-electron chi connectivity index (χ0n) is 21.6. The smallest absolute Gasteiger partial charge is 0.345 e. The van der Waals surface area contributed by atoms with E-state index in [2.05, 4.69) is 31.4 Å². The lowest BCUT2D eigenvalue weighted by atomic mass is 10.0. The van der Waals surface area contributed by atoms with E-state index >= 15 is 0 Å². The number of fused-ring (bicyclic) bond motifs is 1. The minimum Gasteiger partial charge on any atom is -0.490 e. The van der Waals surface area contributed by atoms with Crippen LogP contribution in [0.5, 0.6) is 11.5 Å². The minimum absolute atomic E-state index is 0.228. The van der Waals surface area contributed by atoms with Gasteiger partial charge in [-0.25, -0.2) is 10.2 Å². The molecule has 0 atom stereocenters. The number of carbonyl (C=O) groups is 2. The number of hydrogen-bond donors (Lipinski definition) is 2. The summed E-state index contributed by atoms with van der Waals surface area (Å²) in [4.78, 5) is 29.2. The highest BCUT2D eigenvalue weighted by Gasteiger charge is 2.22. The van der Waals surface area contributed by atoms with E-state index in [4.69, 9.17) is 32.7 Å². The molecule has 0 saturated carbocycles. The Labute approximate surface area is 254 Å². The Bertz CT molecular complexity index is 1800. The largest absolute Gasteiger partial charge is 0.490 e. The lowest BCUT2D eigenvalue weighted by Gasteiger charge is -2.12. The molecule has 0 aliphatic rings.